The lowest BCUT2D eigenvalue weighted by molar-refractivity contribution is -0.119. The van der Waals surface area contributed by atoms with E-state index in [2.05, 4.69) is 63.1 Å². The summed E-state index contributed by atoms with van der Waals surface area (Å²) < 4.78 is 7.63. The van der Waals surface area contributed by atoms with Crippen molar-refractivity contribution >= 4 is 23.6 Å². The topological polar surface area (TPSA) is 72.3 Å². The Morgan fingerprint density at radius 3 is 2.38 bits per heavy atom. The Bertz CT molecular complexity index is 1040. The summed E-state index contributed by atoms with van der Waals surface area (Å²) in [5.74, 6) is 1.59. The summed E-state index contributed by atoms with van der Waals surface area (Å²) in [5, 5.41) is 12.9. The first-order valence-electron chi connectivity index (χ1n) is 11.9. The summed E-state index contributed by atoms with van der Waals surface area (Å²) in [7, 11) is 0. The second-order valence-electron chi connectivity index (χ2n) is 8.90. The molecule has 34 heavy (non-hydrogen) atoms. The van der Waals surface area contributed by atoms with Crippen molar-refractivity contribution in [1.29, 1.82) is 0 Å². The van der Waals surface area contributed by atoms with Gasteiger partial charge >= 0.3 is 0 Å². The van der Waals surface area contributed by atoms with Crippen LogP contribution in [0.5, 0.6) is 0 Å². The average molecular weight is 480 g/mol. The largest absolute Gasteiger partial charge is 0.378 e. The molecular weight excluding hydrogens is 446 g/mol. The number of anilines is 1. The third kappa shape index (κ3) is 6.61. The Labute approximate surface area is 205 Å². The summed E-state index contributed by atoms with van der Waals surface area (Å²) in [6.45, 7) is 8.17. The lowest BCUT2D eigenvalue weighted by atomic mass is 9.99. The Hall–Kier alpha value is -2.84. The number of carbonyl (C=O) groups is 1. The second kappa shape index (κ2) is 12.0. The first kappa shape index (κ1) is 24.3. The molecule has 1 aromatic heterocycles. The highest BCUT2D eigenvalue weighted by Gasteiger charge is 2.22. The maximum Gasteiger partial charge on any atom is 0.230 e. The zero-order valence-electron chi connectivity index (χ0n) is 19.9. The fourth-order valence-corrected chi connectivity index (χ4v) is 4.82. The van der Waals surface area contributed by atoms with Crippen LogP contribution in [0.4, 0.5) is 5.95 Å². The molecule has 3 aromatic rings. The van der Waals surface area contributed by atoms with Gasteiger partial charge in [-0.15, -0.1) is 10.2 Å². The van der Waals surface area contributed by atoms with Crippen molar-refractivity contribution in [2.45, 2.75) is 38.0 Å². The van der Waals surface area contributed by atoms with Crippen LogP contribution in [0.1, 0.15) is 31.0 Å². The van der Waals surface area contributed by atoms with E-state index in [1.165, 1.54) is 17.3 Å². The minimum absolute atomic E-state index is 0.0122. The van der Waals surface area contributed by atoms with Gasteiger partial charge in [-0.25, -0.2) is 0 Å². The van der Waals surface area contributed by atoms with Crippen molar-refractivity contribution in [2.75, 3.05) is 37.0 Å². The SMILES string of the molecule is CC(C)Cn1c(SCC(=O)NC(Cc2ccccc2)c2ccccc2)nnc1N1CCOCC1. The van der Waals surface area contributed by atoms with E-state index >= 15 is 0 Å². The zero-order chi connectivity index (χ0) is 23.8. The number of rotatable bonds is 10. The number of ether oxygens (including phenoxy) is 1. The molecule has 1 saturated heterocycles. The molecule has 0 aliphatic carbocycles. The Kier molecular flexibility index (Phi) is 8.60. The van der Waals surface area contributed by atoms with Crippen LogP contribution in [-0.2, 0) is 22.5 Å². The van der Waals surface area contributed by atoms with Gasteiger partial charge in [0, 0.05) is 19.6 Å². The summed E-state index contributed by atoms with van der Waals surface area (Å²) in [5.41, 5.74) is 2.29. The lowest BCUT2D eigenvalue weighted by Gasteiger charge is -2.28. The first-order chi connectivity index (χ1) is 16.6. The molecular formula is C26H33N5O2S. The molecule has 4 rings (SSSR count). The molecule has 1 aliphatic heterocycles. The van der Waals surface area contributed by atoms with E-state index in [0.717, 1.165) is 42.7 Å². The van der Waals surface area contributed by atoms with Gasteiger partial charge in [-0.3, -0.25) is 9.36 Å². The second-order valence-corrected chi connectivity index (χ2v) is 9.84. The van der Waals surface area contributed by atoms with Crippen molar-refractivity contribution in [3.63, 3.8) is 0 Å². The molecule has 2 heterocycles. The van der Waals surface area contributed by atoms with Gasteiger partial charge in [0.2, 0.25) is 11.9 Å². The predicted molar refractivity (Wildman–Crippen MR) is 136 cm³/mol. The van der Waals surface area contributed by atoms with Crippen molar-refractivity contribution in [1.82, 2.24) is 20.1 Å². The number of nitrogens with one attached hydrogen (secondary N) is 1. The number of thioether (sulfide) groups is 1. The summed E-state index contributed by atoms with van der Waals surface area (Å²) in [6, 6.07) is 20.3. The Morgan fingerprint density at radius 1 is 1.03 bits per heavy atom. The normalized spacial score (nSPS) is 14.9. The molecule has 0 saturated carbocycles. The van der Waals surface area contributed by atoms with Crippen molar-refractivity contribution in [2.24, 2.45) is 5.92 Å². The number of hydrogen-bond donors (Lipinski definition) is 1. The minimum atomic E-state index is -0.0888. The van der Waals surface area contributed by atoms with Crippen LogP contribution < -0.4 is 10.2 Å². The molecule has 7 nitrogen and oxygen atoms in total. The molecule has 0 bridgehead atoms. The van der Waals surface area contributed by atoms with Crippen LogP contribution >= 0.6 is 11.8 Å². The van der Waals surface area contributed by atoms with Crippen LogP contribution in [0.2, 0.25) is 0 Å². The van der Waals surface area contributed by atoms with Gasteiger partial charge in [-0.05, 0) is 23.5 Å². The van der Waals surface area contributed by atoms with Gasteiger partial charge in [0.25, 0.3) is 0 Å². The van der Waals surface area contributed by atoms with Gasteiger partial charge < -0.3 is 15.0 Å². The Balaban J connectivity index is 1.44. The van der Waals surface area contributed by atoms with Crippen molar-refractivity contribution in [3.05, 3.63) is 71.8 Å². The molecule has 0 spiro atoms. The van der Waals surface area contributed by atoms with Crippen molar-refractivity contribution in [3.8, 4) is 0 Å². The van der Waals surface area contributed by atoms with E-state index in [-0.39, 0.29) is 17.7 Å². The molecule has 1 amide bonds. The maximum atomic E-state index is 13.0. The number of benzene rings is 2. The van der Waals surface area contributed by atoms with Crippen LogP contribution in [0.15, 0.2) is 65.8 Å². The summed E-state index contributed by atoms with van der Waals surface area (Å²) in [6.07, 6.45) is 0.742. The third-order valence-electron chi connectivity index (χ3n) is 5.69. The smallest absolute Gasteiger partial charge is 0.230 e. The van der Waals surface area contributed by atoms with E-state index < -0.39 is 0 Å². The standard InChI is InChI=1S/C26H33N5O2S/c1-20(2)18-31-25(30-13-15-33-16-14-30)28-29-26(31)34-19-24(32)27-23(22-11-7-4-8-12-22)17-21-9-5-3-6-10-21/h3-12,20,23H,13-19H2,1-2H3,(H,27,32). The molecule has 1 N–H and O–H groups in total. The van der Waals surface area contributed by atoms with Gasteiger partial charge in [-0.2, -0.15) is 0 Å². The van der Waals surface area contributed by atoms with Crippen LogP contribution in [0, 0.1) is 5.92 Å². The quantitative estimate of drug-likeness (QED) is 0.444. The predicted octanol–water partition coefficient (Wildman–Crippen LogP) is 3.96. The monoisotopic (exact) mass is 479 g/mol. The number of hydrogen-bond acceptors (Lipinski definition) is 6. The van der Waals surface area contributed by atoms with Gasteiger partial charge in [0.1, 0.15) is 0 Å². The molecule has 1 aliphatic rings. The van der Waals surface area contributed by atoms with E-state index in [4.69, 9.17) is 4.74 Å². The Morgan fingerprint density at radius 2 is 1.71 bits per heavy atom. The number of amides is 1. The summed E-state index contributed by atoms with van der Waals surface area (Å²) >= 11 is 1.44. The number of nitrogens with zero attached hydrogens (tertiary/aromatic N) is 4. The third-order valence-corrected chi connectivity index (χ3v) is 6.66. The fraction of sp³-hybridized carbons (Fsp3) is 0.423. The molecule has 2 aromatic carbocycles. The highest BCUT2D eigenvalue weighted by Crippen LogP contribution is 2.25. The molecule has 8 heteroatoms. The zero-order valence-corrected chi connectivity index (χ0v) is 20.7. The summed E-state index contributed by atoms with van der Waals surface area (Å²) in [4.78, 5) is 15.2. The van der Waals surface area contributed by atoms with Crippen LogP contribution in [-0.4, -0.2) is 52.7 Å². The number of morpholine rings is 1. The van der Waals surface area contributed by atoms with E-state index in [0.29, 0.717) is 19.1 Å². The van der Waals surface area contributed by atoms with Gasteiger partial charge in [-0.1, -0.05) is 86.3 Å². The molecule has 0 radical (unpaired) electrons. The van der Waals surface area contributed by atoms with Gasteiger partial charge in [0.15, 0.2) is 5.16 Å². The fourth-order valence-electron chi connectivity index (χ4n) is 4.06. The highest BCUT2D eigenvalue weighted by atomic mass is 32.2. The highest BCUT2D eigenvalue weighted by molar-refractivity contribution is 7.99. The number of carbonyl (C=O) groups excluding carboxylic acids is 1. The minimum Gasteiger partial charge on any atom is -0.378 e. The van der Waals surface area contributed by atoms with Gasteiger partial charge in [0.05, 0.1) is 25.0 Å². The lowest BCUT2D eigenvalue weighted by Crippen LogP contribution is -2.38. The van der Waals surface area contributed by atoms with E-state index in [1.807, 2.05) is 36.4 Å². The average Bonchev–Trinajstić information content (AvgIpc) is 3.25. The van der Waals surface area contributed by atoms with E-state index in [1.54, 1.807) is 0 Å². The van der Waals surface area contributed by atoms with Crippen LogP contribution in [0.3, 0.4) is 0 Å². The van der Waals surface area contributed by atoms with E-state index in [9.17, 15) is 4.79 Å². The van der Waals surface area contributed by atoms with Crippen LogP contribution in [0.25, 0.3) is 0 Å². The molecule has 1 atom stereocenters. The maximum absolute atomic E-state index is 13.0. The molecule has 180 valence electrons. The molecule has 1 unspecified atom stereocenters. The number of aromatic nitrogens is 3. The molecule has 1 fully saturated rings. The van der Waals surface area contributed by atoms with Crippen molar-refractivity contribution < 1.29 is 9.53 Å². The first-order valence-corrected chi connectivity index (χ1v) is 12.9.